The zero-order valence-electron chi connectivity index (χ0n) is 39.2. The summed E-state index contributed by atoms with van der Waals surface area (Å²) in [7, 11) is -4.60. The Balaban J connectivity index is 2.38. The van der Waals surface area contributed by atoms with Gasteiger partial charge in [-0.25, -0.2) is 0 Å². The van der Waals surface area contributed by atoms with Gasteiger partial charge >= 0.3 is 11.9 Å². The molecule has 1 fully saturated rings. The number of rotatable bonds is 43. The smallest absolute Gasteiger partial charge is 0.306 e. The Bertz CT molecular complexity index is 1200. The number of hydrogen-bond acceptors (Lipinski definition) is 11. The van der Waals surface area contributed by atoms with Crippen LogP contribution >= 0.6 is 0 Å². The lowest BCUT2D eigenvalue weighted by Crippen LogP contribution is -2.60. The molecular weight excluding hydrogens is 813 g/mol. The molecule has 0 radical (unpaired) electrons. The fourth-order valence-electron chi connectivity index (χ4n) is 7.91. The van der Waals surface area contributed by atoms with E-state index in [1.807, 2.05) is 0 Å². The Morgan fingerprint density at radius 2 is 0.919 bits per heavy atom. The Hall–Kier alpha value is -1.61. The molecular formula is C49H92O12S. The number of carbonyl (C=O) groups excluding carboxylic acids is 2. The maximum Gasteiger partial charge on any atom is 0.306 e. The van der Waals surface area contributed by atoms with Crippen LogP contribution in [0.4, 0.5) is 0 Å². The number of unbranched alkanes of at least 4 members (excludes halogenated alkanes) is 29. The van der Waals surface area contributed by atoms with Gasteiger partial charge < -0.3 is 34.3 Å². The first-order valence-electron chi connectivity index (χ1n) is 25.2. The van der Waals surface area contributed by atoms with E-state index < -0.39 is 71.2 Å². The lowest BCUT2D eigenvalue weighted by molar-refractivity contribution is -0.297. The molecule has 2 unspecified atom stereocenters. The lowest BCUT2D eigenvalue weighted by Gasteiger charge is -2.40. The van der Waals surface area contributed by atoms with Gasteiger partial charge in [0, 0.05) is 12.8 Å². The fraction of sp³-hybridized carbons (Fsp3) is 0.918. The third-order valence-electron chi connectivity index (χ3n) is 11.8. The molecule has 12 nitrogen and oxygen atoms in total. The first kappa shape index (κ1) is 58.4. The number of hydrogen-bond donors (Lipinski definition) is 4. The topological polar surface area (TPSA) is 186 Å². The van der Waals surface area contributed by atoms with Gasteiger partial charge in [0.15, 0.2) is 12.4 Å². The van der Waals surface area contributed by atoms with E-state index in [1.165, 1.54) is 154 Å². The van der Waals surface area contributed by atoms with Crippen LogP contribution in [0, 0.1) is 0 Å². The van der Waals surface area contributed by atoms with Crippen molar-refractivity contribution in [3.8, 4) is 0 Å². The molecule has 4 N–H and O–H groups in total. The molecule has 13 heteroatoms. The largest absolute Gasteiger partial charge is 0.462 e. The summed E-state index contributed by atoms with van der Waals surface area (Å²) in [6.45, 7) is 3.78. The van der Waals surface area contributed by atoms with Crippen molar-refractivity contribution in [1.29, 1.82) is 0 Å². The van der Waals surface area contributed by atoms with E-state index in [0.717, 1.165) is 38.5 Å². The van der Waals surface area contributed by atoms with Crippen molar-refractivity contribution in [2.45, 2.75) is 269 Å². The molecule has 0 bridgehead atoms. The standard InChI is InChI=1S/C49H92O12S/c1-3-5-7-9-11-13-15-17-19-20-21-22-24-25-27-29-31-33-35-37-44(50)58-39-42(40-59-49-48(54)47(53)46(52)43(61-49)41-62(55,56)57)60-45(51)38-36-34-32-30-28-26-23-18-16-14-12-10-8-6-4-2/h28,30,42-43,46-49,52-54H,3-27,29,31-41H2,1-2H3,(H,55,56,57)/b30-28+/t42-,43-,46-,47?,48?,49+/m1/s1. The van der Waals surface area contributed by atoms with E-state index in [1.54, 1.807) is 0 Å². The first-order valence-corrected chi connectivity index (χ1v) is 26.9. The molecule has 1 heterocycles. The summed E-state index contributed by atoms with van der Waals surface area (Å²) >= 11 is 0. The summed E-state index contributed by atoms with van der Waals surface area (Å²) < 4.78 is 54.2. The van der Waals surface area contributed by atoms with E-state index in [-0.39, 0.29) is 19.4 Å². The maximum atomic E-state index is 12.8. The van der Waals surface area contributed by atoms with E-state index in [0.29, 0.717) is 12.8 Å². The summed E-state index contributed by atoms with van der Waals surface area (Å²) in [5.74, 6) is -1.99. The van der Waals surface area contributed by atoms with Crippen LogP contribution in [-0.2, 0) is 38.7 Å². The summed E-state index contributed by atoms with van der Waals surface area (Å²) in [6.07, 6.45) is 34.0. The van der Waals surface area contributed by atoms with Crippen LogP contribution in [0.3, 0.4) is 0 Å². The molecule has 0 saturated carbocycles. The van der Waals surface area contributed by atoms with E-state index in [9.17, 15) is 37.9 Å². The highest BCUT2D eigenvalue weighted by molar-refractivity contribution is 7.85. The molecule has 0 spiro atoms. The maximum absolute atomic E-state index is 12.8. The third-order valence-corrected chi connectivity index (χ3v) is 12.6. The normalized spacial score (nSPS) is 19.9. The lowest BCUT2D eigenvalue weighted by atomic mass is 10.00. The molecule has 366 valence electrons. The van der Waals surface area contributed by atoms with E-state index >= 15 is 0 Å². The number of esters is 2. The van der Waals surface area contributed by atoms with Crippen LogP contribution in [-0.4, -0.2) is 96.0 Å². The Kier molecular flexibility index (Phi) is 37.4. The molecule has 0 amide bonds. The number of allylic oxidation sites excluding steroid dienone is 2. The van der Waals surface area contributed by atoms with Crippen LogP contribution in [0.2, 0.25) is 0 Å². The second-order valence-corrected chi connectivity index (χ2v) is 19.3. The SMILES string of the molecule is CCCCCCCCCCC/C=C/CCCCC(=O)O[C@H](COC(=O)CCCCCCCCCCCCCCCCCCCCC)CO[C@H]1O[C@H](CS(=O)(=O)O)[C@@H](O)C(O)C1O. The molecule has 62 heavy (non-hydrogen) atoms. The van der Waals surface area contributed by atoms with Crippen LogP contribution in [0.1, 0.15) is 232 Å². The average molecular weight is 905 g/mol. The van der Waals surface area contributed by atoms with Gasteiger partial charge in [-0.05, 0) is 38.5 Å². The second kappa shape index (κ2) is 39.7. The number of aliphatic hydroxyl groups is 3. The van der Waals surface area contributed by atoms with Gasteiger partial charge in [0.05, 0.1) is 6.61 Å². The average Bonchev–Trinajstić information content (AvgIpc) is 3.24. The molecule has 0 aromatic carbocycles. The summed E-state index contributed by atoms with van der Waals surface area (Å²) in [6, 6.07) is 0. The highest BCUT2D eigenvalue weighted by Gasteiger charge is 2.46. The molecule has 1 saturated heterocycles. The van der Waals surface area contributed by atoms with Crippen molar-refractivity contribution in [3.05, 3.63) is 12.2 Å². The van der Waals surface area contributed by atoms with Gasteiger partial charge in [0.1, 0.15) is 36.8 Å². The quantitative estimate of drug-likeness (QED) is 0.0197. The highest BCUT2D eigenvalue weighted by atomic mass is 32.2. The van der Waals surface area contributed by atoms with Gasteiger partial charge in [-0.15, -0.1) is 0 Å². The number of carbonyl (C=O) groups is 2. The third kappa shape index (κ3) is 33.8. The highest BCUT2D eigenvalue weighted by Crippen LogP contribution is 2.24. The van der Waals surface area contributed by atoms with Crippen molar-refractivity contribution >= 4 is 22.1 Å². The molecule has 1 aliphatic heterocycles. The van der Waals surface area contributed by atoms with Crippen LogP contribution in [0.25, 0.3) is 0 Å². The zero-order valence-corrected chi connectivity index (χ0v) is 40.1. The summed E-state index contributed by atoms with van der Waals surface area (Å²) in [5.41, 5.74) is 0. The zero-order chi connectivity index (χ0) is 45.5. The van der Waals surface area contributed by atoms with Gasteiger partial charge in [-0.3, -0.25) is 14.1 Å². The first-order chi connectivity index (χ1) is 30.0. The van der Waals surface area contributed by atoms with Crippen LogP contribution in [0.15, 0.2) is 12.2 Å². The van der Waals surface area contributed by atoms with Crippen molar-refractivity contribution < 1.29 is 56.8 Å². The van der Waals surface area contributed by atoms with Crippen molar-refractivity contribution in [3.63, 3.8) is 0 Å². The Morgan fingerprint density at radius 1 is 0.532 bits per heavy atom. The van der Waals surface area contributed by atoms with Crippen LogP contribution in [0.5, 0.6) is 0 Å². The minimum Gasteiger partial charge on any atom is -0.462 e. The monoisotopic (exact) mass is 905 g/mol. The molecule has 0 aromatic heterocycles. The van der Waals surface area contributed by atoms with Gasteiger partial charge in [0.2, 0.25) is 0 Å². The van der Waals surface area contributed by atoms with Crippen LogP contribution < -0.4 is 0 Å². The van der Waals surface area contributed by atoms with E-state index in [2.05, 4.69) is 26.0 Å². The molecule has 0 aromatic rings. The minimum atomic E-state index is -4.60. The van der Waals surface area contributed by atoms with Crippen molar-refractivity contribution in [2.24, 2.45) is 0 Å². The molecule has 1 aliphatic rings. The second-order valence-electron chi connectivity index (χ2n) is 17.8. The molecule has 1 rings (SSSR count). The Labute approximate surface area is 377 Å². The van der Waals surface area contributed by atoms with Gasteiger partial charge in [0.25, 0.3) is 10.1 Å². The molecule has 0 aliphatic carbocycles. The number of ether oxygens (including phenoxy) is 4. The van der Waals surface area contributed by atoms with E-state index in [4.69, 9.17) is 18.9 Å². The molecule has 6 atom stereocenters. The predicted molar refractivity (Wildman–Crippen MR) is 247 cm³/mol. The summed E-state index contributed by atoms with van der Waals surface area (Å²) in [5, 5.41) is 30.9. The predicted octanol–water partition coefficient (Wildman–Crippen LogP) is 11.0. The number of aliphatic hydroxyl groups excluding tert-OH is 3. The van der Waals surface area contributed by atoms with Crippen molar-refractivity contribution in [2.75, 3.05) is 19.0 Å². The van der Waals surface area contributed by atoms with Crippen molar-refractivity contribution in [1.82, 2.24) is 0 Å². The summed E-state index contributed by atoms with van der Waals surface area (Å²) in [4.78, 5) is 25.5. The van der Waals surface area contributed by atoms with Gasteiger partial charge in [-0.1, -0.05) is 193 Å². The Morgan fingerprint density at radius 3 is 1.37 bits per heavy atom. The minimum absolute atomic E-state index is 0.139. The van der Waals surface area contributed by atoms with Gasteiger partial charge in [-0.2, -0.15) is 8.42 Å². The fourth-order valence-corrected chi connectivity index (χ4v) is 8.60.